The van der Waals surface area contributed by atoms with Crippen molar-refractivity contribution in [3.8, 4) is 5.75 Å². The first-order valence-corrected chi connectivity index (χ1v) is 10.8. The quantitative estimate of drug-likeness (QED) is 0.392. The van der Waals surface area contributed by atoms with E-state index in [-0.39, 0.29) is 5.78 Å². The molecule has 2 aromatic rings. The summed E-state index contributed by atoms with van der Waals surface area (Å²) in [6.07, 6.45) is 4.47. The number of carbonyl (C=O) groups is 2. The smallest absolute Gasteiger partial charge is 0.331 e. The van der Waals surface area contributed by atoms with E-state index in [2.05, 4.69) is 0 Å². The van der Waals surface area contributed by atoms with Gasteiger partial charge in [0.25, 0.3) is 0 Å². The molecule has 0 amide bonds. The lowest BCUT2D eigenvalue weighted by Gasteiger charge is -2.16. The van der Waals surface area contributed by atoms with Gasteiger partial charge >= 0.3 is 5.97 Å². The topological polar surface area (TPSA) is 90.0 Å². The van der Waals surface area contributed by atoms with Crippen LogP contribution in [0.2, 0.25) is 0 Å². The first-order valence-electron chi connectivity index (χ1n) is 8.91. The molecular weight excluding hydrogens is 394 g/mol. The van der Waals surface area contributed by atoms with Gasteiger partial charge in [0, 0.05) is 23.7 Å². The summed E-state index contributed by atoms with van der Waals surface area (Å²) in [5.41, 5.74) is 2.46. The Balaban J connectivity index is 1.61. The molecule has 152 valence electrons. The highest BCUT2D eigenvalue weighted by atomic mass is 32.2. The number of carbonyl (C=O) groups excluding carboxylic acids is 2. The SMILES string of the molecule is COc1ccccc1/C=C/C(=O)OCC(=O)c1ccc2c(c1)CCN2S(C)(=O)=O. The number of ketones is 1. The number of fused-ring (bicyclic) bond motifs is 1. The third kappa shape index (κ3) is 4.83. The minimum absolute atomic E-state index is 0.356. The van der Waals surface area contributed by atoms with E-state index in [0.29, 0.717) is 35.5 Å². The van der Waals surface area contributed by atoms with Crippen LogP contribution in [0.25, 0.3) is 6.08 Å². The summed E-state index contributed by atoms with van der Waals surface area (Å²) in [6, 6.07) is 12.0. The van der Waals surface area contributed by atoms with E-state index in [9.17, 15) is 18.0 Å². The molecule has 3 rings (SSSR count). The molecule has 0 saturated carbocycles. The Kier molecular flexibility index (Phi) is 6.03. The molecule has 0 spiro atoms. The summed E-state index contributed by atoms with van der Waals surface area (Å²) >= 11 is 0. The fraction of sp³-hybridized carbons (Fsp3) is 0.238. The van der Waals surface area contributed by atoms with Crippen molar-refractivity contribution in [2.24, 2.45) is 0 Å². The van der Waals surface area contributed by atoms with E-state index in [1.807, 2.05) is 12.1 Å². The van der Waals surface area contributed by atoms with Gasteiger partial charge in [-0.2, -0.15) is 0 Å². The fourth-order valence-electron chi connectivity index (χ4n) is 3.12. The zero-order chi connectivity index (χ0) is 21.0. The number of methoxy groups -OCH3 is 1. The molecule has 7 nitrogen and oxygen atoms in total. The van der Waals surface area contributed by atoms with Crippen molar-refractivity contribution < 1.29 is 27.5 Å². The van der Waals surface area contributed by atoms with Gasteiger partial charge in [0.15, 0.2) is 12.4 Å². The van der Waals surface area contributed by atoms with E-state index in [1.165, 1.54) is 17.5 Å². The van der Waals surface area contributed by atoms with Crippen molar-refractivity contribution >= 4 is 33.5 Å². The van der Waals surface area contributed by atoms with Crippen LogP contribution in [-0.2, 0) is 26.0 Å². The zero-order valence-corrected chi connectivity index (χ0v) is 16.9. The highest BCUT2D eigenvalue weighted by Gasteiger charge is 2.26. The predicted molar refractivity (Wildman–Crippen MR) is 110 cm³/mol. The molecule has 0 aliphatic carbocycles. The number of Topliss-reactive ketones (excluding diaryl/α,β-unsaturated/α-hetero) is 1. The monoisotopic (exact) mass is 415 g/mol. The Morgan fingerprint density at radius 2 is 1.93 bits per heavy atom. The average Bonchev–Trinajstić information content (AvgIpc) is 3.14. The van der Waals surface area contributed by atoms with E-state index < -0.39 is 22.6 Å². The van der Waals surface area contributed by atoms with Crippen molar-refractivity contribution in [2.75, 3.05) is 30.8 Å². The van der Waals surface area contributed by atoms with Crippen LogP contribution in [0, 0.1) is 0 Å². The van der Waals surface area contributed by atoms with E-state index in [4.69, 9.17) is 9.47 Å². The molecule has 0 aromatic heterocycles. The Morgan fingerprint density at radius 3 is 2.66 bits per heavy atom. The Bertz CT molecular complexity index is 1070. The molecule has 1 aliphatic heterocycles. The van der Waals surface area contributed by atoms with Crippen LogP contribution in [0.15, 0.2) is 48.5 Å². The number of benzene rings is 2. The largest absolute Gasteiger partial charge is 0.496 e. The normalized spacial score (nSPS) is 13.4. The van der Waals surface area contributed by atoms with Crippen LogP contribution in [0.5, 0.6) is 5.75 Å². The van der Waals surface area contributed by atoms with Gasteiger partial charge in [-0.1, -0.05) is 18.2 Å². The van der Waals surface area contributed by atoms with Crippen molar-refractivity contribution in [3.63, 3.8) is 0 Å². The summed E-state index contributed by atoms with van der Waals surface area (Å²) in [5, 5.41) is 0. The molecule has 0 fully saturated rings. The second-order valence-corrected chi connectivity index (χ2v) is 8.44. The van der Waals surface area contributed by atoms with Gasteiger partial charge < -0.3 is 9.47 Å². The van der Waals surface area contributed by atoms with Gasteiger partial charge in [-0.25, -0.2) is 13.2 Å². The molecule has 0 saturated heterocycles. The summed E-state index contributed by atoms with van der Waals surface area (Å²) < 4.78 is 35.1. The minimum atomic E-state index is -3.34. The van der Waals surface area contributed by atoms with Gasteiger partial charge in [-0.15, -0.1) is 0 Å². The predicted octanol–water partition coefficient (Wildman–Crippen LogP) is 2.46. The van der Waals surface area contributed by atoms with Crippen molar-refractivity contribution in [1.82, 2.24) is 0 Å². The number of hydrogen-bond acceptors (Lipinski definition) is 6. The third-order valence-electron chi connectivity index (χ3n) is 4.54. The molecule has 0 atom stereocenters. The molecule has 0 bridgehead atoms. The van der Waals surface area contributed by atoms with E-state index in [0.717, 1.165) is 11.8 Å². The third-order valence-corrected chi connectivity index (χ3v) is 5.72. The van der Waals surface area contributed by atoms with Gasteiger partial charge in [-0.3, -0.25) is 9.10 Å². The molecule has 29 heavy (non-hydrogen) atoms. The Hall–Kier alpha value is -3.13. The van der Waals surface area contributed by atoms with Crippen molar-refractivity contribution in [3.05, 3.63) is 65.2 Å². The summed E-state index contributed by atoms with van der Waals surface area (Å²) in [7, 11) is -1.81. The van der Waals surface area contributed by atoms with E-state index >= 15 is 0 Å². The van der Waals surface area contributed by atoms with Crippen LogP contribution >= 0.6 is 0 Å². The van der Waals surface area contributed by atoms with E-state index in [1.54, 1.807) is 36.4 Å². The highest BCUT2D eigenvalue weighted by Crippen LogP contribution is 2.30. The minimum Gasteiger partial charge on any atom is -0.496 e. The lowest BCUT2D eigenvalue weighted by atomic mass is 10.1. The molecule has 1 aliphatic rings. The molecule has 8 heteroatoms. The molecule has 2 aromatic carbocycles. The molecule has 0 radical (unpaired) electrons. The number of rotatable bonds is 7. The maximum atomic E-state index is 12.3. The first kappa shape index (κ1) is 20.6. The fourth-order valence-corrected chi connectivity index (χ4v) is 4.08. The van der Waals surface area contributed by atoms with Gasteiger partial charge in [0.2, 0.25) is 10.0 Å². The first-order chi connectivity index (χ1) is 13.8. The molecule has 0 unspecified atom stereocenters. The number of hydrogen-bond donors (Lipinski definition) is 0. The number of anilines is 1. The summed E-state index contributed by atoms with van der Waals surface area (Å²) in [6.45, 7) is -0.0434. The van der Waals surface area contributed by atoms with Crippen LogP contribution in [-0.4, -0.2) is 46.7 Å². The summed E-state index contributed by atoms with van der Waals surface area (Å²) in [4.78, 5) is 24.3. The van der Waals surface area contributed by atoms with Gasteiger partial charge in [0.05, 0.1) is 19.1 Å². The number of esters is 1. The molecule has 0 N–H and O–H groups in total. The highest BCUT2D eigenvalue weighted by molar-refractivity contribution is 7.92. The van der Waals surface area contributed by atoms with Gasteiger partial charge in [-0.05, 0) is 42.3 Å². The number of sulfonamides is 1. The van der Waals surface area contributed by atoms with Crippen molar-refractivity contribution in [2.45, 2.75) is 6.42 Å². The average molecular weight is 415 g/mol. The number of nitrogens with zero attached hydrogens (tertiary/aromatic N) is 1. The van der Waals surface area contributed by atoms with Crippen LogP contribution in [0.3, 0.4) is 0 Å². The summed E-state index contributed by atoms with van der Waals surface area (Å²) in [5.74, 6) is -0.382. The van der Waals surface area contributed by atoms with Crippen LogP contribution in [0.4, 0.5) is 5.69 Å². The lowest BCUT2D eigenvalue weighted by Crippen LogP contribution is -2.27. The van der Waals surface area contributed by atoms with Crippen LogP contribution < -0.4 is 9.04 Å². The van der Waals surface area contributed by atoms with Crippen LogP contribution in [0.1, 0.15) is 21.5 Å². The zero-order valence-electron chi connectivity index (χ0n) is 16.1. The Labute approximate surface area is 169 Å². The Morgan fingerprint density at radius 1 is 1.17 bits per heavy atom. The standard InChI is InChI=1S/C21H21NO6S/c1-27-20-6-4-3-5-15(20)8-10-21(24)28-14-19(23)17-7-9-18-16(13-17)11-12-22(18)29(2,25)26/h3-10,13H,11-12,14H2,1-2H3/b10-8+. The van der Waals surface area contributed by atoms with Gasteiger partial charge in [0.1, 0.15) is 5.75 Å². The molecular formula is C21H21NO6S. The van der Waals surface area contributed by atoms with Crippen molar-refractivity contribution in [1.29, 1.82) is 0 Å². The second-order valence-electron chi connectivity index (χ2n) is 6.53. The second kappa shape index (κ2) is 8.48. The maximum absolute atomic E-state index is 12.3. The number of ether oxygens (including phenoxy) is 2. The lowest BCUT2D eigenvalue weighted by molar-refractivity contribution is -0.136. The molecule has 1 heterocycles. The number of para-hydroxylation sites is 1. The maximum Gasteiger partial charge on any atom is 0.331 e.